The Morgan fingerprint density at radius 3 is 1.72 bits per heavy atom. The Morgan fingerprint density at radius 1 is 0.719 bits per heavy atom. The van der Waals surface area contributed by atoms with Crippen molar-refractivity contribution in [2.75, 3.05) is 7.05 Å². The highest BCUT2D eigenvalue weighted by Gasteiger charge is 2.20. The van der Waals surface area contributed by atoms with E-state index in [1.165, 1.54) is 43.4 Å². The Hall–Kier alpha value is -4.26. The van der Waals surface area contributed by atoms with Crippen LogP contribution in [0.15, 0.2) is 60.7 Å². The summed E-state index contributed by atoms with van der Waals surface area (Å²) in [5, 5.41) is 21.3. The number of carbonyl (C=O) groups is 4. The molecule has 3 N–H and O–H groups in total. The number of aromatic carboxylic acids is 2. The molecule has 0 radical (unpaired) electrons. The number of aryl methyl sites for hydroxylation is 1. The molecule has 3 rings (SSSR count). The highest BCUT2D eigenvalue weighted by molar-refractivity contribution is 6.08. The second-order valence-electron chi connectivity index (χ2n) is 7.30. The van der Waals surface area contributed by atoms with Crippen molar-refractivity contribution in [2.24, 2.45) is 0 Å². The summed E-state index contributed by atoms with van der Waals surface area (Å²) in [6, 6.07) is 15.9. The Balaban J connectivity index is 2.06. The minimum atomic E-state index is -1.25. The van der Waals surface area contributed by atoms with E-state index in [9.17, 15) is 29.4 Å². The largest absolute Gasteiger partial charge is 0.478 e. The predicted molar refractivity (Wildman–Crippen MR) is 118 cm³/mol. The summed E-state index contributed by atoms with van der Waals surface area (Å²) in [6.07, 6.45) is 0.0332. The first kappa shape index (κ1) is 22.4. The SMILES string of the molecule is CNC(=O)c1cc(-c2ccc(C(=O)O)c(C(=O)Cc3ccc(C)cc3)c2)ccc1C(=O)O. The summed E-state index contributed by atoms with van der Waals surface area (Å²) in [5.41, 5.74) is 2.50. The molecule has 162 valence electrons. The quantitative estimate of drug-likeness (QED) is 0.489. The van der Waals surface area contributed by atoms with E-state index < -0.39 is 17.8 Å². The Labute approximate surface area is 184 Å². The van der Waals surface area contributed by atoms with Crippen LogP contribution in [0.5, 0.6) is 0 Å². The molecule has 0 aromatic heterocycles. The summed E-state index contributed by atoms with van der Waals surface area (Å²) >= 11 is 0. The topological polar surface area (TPSA) is 121 Å². The maximum Gasteiger partial charge on any atom is 0.336 e. The van der Waals surface area contributed by atoms with Crippen molar-refractivity contribution in [3.8, 4) is 11.1 Å². The van der Waals surface area contributed by atoms with E-state index >= 15 is 0 Å². The second kappa shape index (κ2) is 9.26. The zero-order valence-electron chi connectivity index (χ0n) is 17.5. The van der Waals surface area contributed by atoms with Gasteiger partial charge in [-0.05, 0) is 47.9 Å². The van der Waals surface area contributed by atoms with Crippen molar-refractivity contribution in [1.29, 1.82) is 0 Å². The molecule has 0 saturated carbocycles. The van der Waals surface area contributed by atoms with Crippen molar-refractivity contribution in [2.45, 2.75) is 13.3 Å². The molecule has 32 heavy (non-hydrogen) atoms. The second-order valence-corrected chi connectivity index (χ2v) is 7.30. The number of carboxylic acids is 2. The van der Waals surface area contributed by atoms with Crippen LogP contribution in [0.4, 0.5) is 0 Å². The maximum absolute atomic E-state index is 13.0. The Kier molecular flexibility index (Phi) is 6.49. The molecule has 0 bridgehead atoms. The van der Waals surface area contributed by atoms with E-state index in [4.69, 9.17) is 0 Å². The van der Waals surface area contributed by atoms with Gasteiger partial charge in [0, 0.05) is 19.0 Å². The van der Waals surface area contributed by atoms with Crippen molar-refractivity contribution >= 4 is 23.6 Å². The lowest BCUT2D eigenvalue weighted by atomic mass is 9.92. The van der Waals surface area contributed by atoms with Gasteiger partial charge in [-0.25, -0.2) is 9.59 Å². The standard InChI is InChI=1S/C25H21NO6/c1-14-3-5-15(6-4-14)11-22(27)20-12-16(7-9-18(20)24(29)30)17-8-10-19(25(31)32)21(13-17)23(28)26-2/h3-10,12-13H,11H2,1-2H3,(H,26,28)(H,29,30)(H,31,32). The van der Waals surface area contributed by atoms with E-state index in [0.29, 0.717) is 11.1 Å². The third kappa shape index (κ3) is 4.73. The van der Waals surface area contributed by atoms with Crippen LogP contribution < -0.4 is 5.32 Å². The third-order valence-electron chi connectivity index (χ3n) is 5.09. The van der Waals surface area contributed by atoms with Crippen LogP contribution in [-0.2, 0) is 6.42 Å². The fourth-order valence-corrected chi connectivity index (χ4v) is 3.36. The molecule has 7 nitrogen and oxygen atoms in total. The van der Waals surface area contributed by atoms with Gasteiger partial charge in [0.25, 0.3) is 5.91 Å². The molecule has 3 aromatic rings. The van der Waals surface area contributed by atoms with Gasteiger partial charge in [-0.15, -0.1) is 0 Å². The van der Waals surface area contributed by atoms with E-state index in [-0.39, 0.29) is 34.5 Å². The smallest absolute Gasteiger partial charge is 0.336 e. The average Bonchev–Trinajstić information content (AvgIpc) is 2.79. The molecule has 0 heterocycles. The summed E-state index contributed by atoms with van der Waals surface area (Å²) in [7, 11) is 1.39. The molecular formula is C25H21NO6. The lowest BCUT2D eigenvalue weighted by Gasteiger charge is -2.11. The van der Waals surface area contributed by atoms with Crippen LogP contribution in [0.2, 0.25) is 0 Å². The number of ketones is 1. The molecule has 0 atom stereocenters. The van der Waals surface area contributed by atoms with Gasteiger partial charge in [0.15, 0.2) is 5.78 Å². The Bertz CT molecular complexity index is 1230. The zero-order chi connectivity index (χ0) is 23.4. The molecule has 0 fully saturated rings. The number of Topliss-reactive ketones (excluding diaryl/α,β-unsaturated/α-hetero) is 1. The van der Waals surface area contributed by atoms with Crippen molar-refractivity contribution in [3.63, 3.8) is 0 Å². The van der Waals surface area contributed by atoms with Crippen LogP contribution in [0.1, 0.15) is 52.6 Å². The van der Waals surface area contributed by atoms with Gasteiger partial charge in [-0.3, -0.25) is 9.59 Å². The van der Waals surface area contributed by atoms with Gasteiger partial charge in [0.2, 0.25) is 0 Å². The molecular weight excluding hydrogens is 410 g/mol. The normalized spacial score (nSPS) is 10.4. The van der Waals surface area contributed by atoms with E-state index in [0.717, 1.165) is 11.1 Å². The summed E-state index contributed by atoms with van der Waals surface area (Å²) in [6.45, 7) is 1.93. The molecule has 0 aliphatic rings. The monoisotopic (exact) mass is 431 g/mol. The fourth-order valence-electron chi connectivity index (χ4n) is 3.36. The molecule has 0 spiro atoms. The number of rotatable bonds is 7. The Morgan fingerprint density at radius 2 is 1.22 bits per heavy atom. The van der Waals surface area contributed by atoms with Gasteiger partial charge < -0.3 is 15.5 Å². The van der Waals surface area contributed by atoms with Crippen LogP contribution in [0.3, 0.4) is 0 Å². The van der Waals surface area contributed by atoms with Crippen LogP contribution in [0.25, 0.3) is 11.1 Å². The molecule has 0 aliphatic carbocycles. The minimum Gasteiger partial charge on any atom is -0.478 e. The molecule has 0 unspecified atom stereocenters. The number of nitrogens with one attached hydrogen (secondary N) is 1. The van der Waals surface area contributed by atoms with Gasteiger partial charge in [0.1, 0.15) is 0 Å². The van der Waals surface area contributed by atoms with Crippen LogP contribution in [0, 0.1) is 6.92 Å². The summed E-state index contributed by atoms with van der Waals surface area (Å²) < 4.78 is 0. The lowest BCUT2D eigenvalue weighted by molar-refractivity contribution is 0.0683. The number of amides is 1. The van der Waals surface area contributed by atoms with Crippen molar-refractivity contribution in [3.05, 3.63) is 94.0 Å². The third-order valence-corrected chi connectivity index (χ3v) is 5.09. The molecule has 3 aromatic carbocycles. The van der Waals surface area contributed by atoms with Gasteiger partial charge in [-0.2, -0.15) is 0 Å². The number of carboxylic acid groups (broad SMARTS) is 2. The number of benzene rings is 3. The maximum atomic E-state index is 13.0. The van der Waals surface area contributed by atoms with Crippen LogP contribution in [-0.4, -0.2) is 40.9 Å². The average molecular weight is 431 g/mol. The molecule has 1 amide bonds. The first-order valence-corrected chi connectivity index (χ1v) is 9.77. The van der Waals surface area contributed by atoms with E-state index in [1.54, 1.807) is 0 Å². The predicted octanol–water partition coefficient (Wildman–Crippen LogP) is 3.84. The molecule has 0 aliphatic heterocycles. The molecule has 0 saturated heterocycles. The fraction of sp³-hybridized carbons (Fsp3) is 0.120. The first-order chi connectivity index (χ1) is 15.2. The number of hydrogen-bond acceptors (Lipinski definition) is 4. The van der Waals surface area contributed by atoms with Gasteiger partial charge in [-0.1, -0.05) is 42.0 Å². The van der Waals surface area contributed by atoms with Gasteiger partial charge in [0.05, 0.1) is 16.7 Å². The molecule has 7 heteroatoms. The lowest BCUT2D eigenvalue weighted by Crippen LogP contribution is -2.21. The highest BCUT2D eigenvalue weighted by Crippen LogP contribution is 2.26. The number of hydrogen-bond donors (Lipinski definition) is 3. The first-order valence-electron chi connectivity index (χ1n) is 9.77. The van der Waals surface area contributed by atoms with Crippen LogP contribution >= 0.6 is 0 Å². The van der Waals surface area contributed by atoms with E-state index in [2.05, 4.69) is 5.32 Å². The zero-order valence-corrected chi connectivity index (χ0v) is 17.5. The van der Waals surface area contributed by atoms with Crippen molar-refractivity contribution < 1.29 is 29.4 Å². The van der Waals surface area contributed by atoms with Gasteiger partial charge >= 0.3 is 11.9 Å². The van der Waals surface area contributed by atoms with Crippen molar-refractivity contribution in [1.82, 2.24) is 5.32 Å². The number of carbonyl (C=O) groups excluding carboxylic acids is 2. The summed E-state index contributed by atoms with van der Waals surface area (Å²) in [5.74, 6) is -3.40. The highest BCUT2D eigenvalue weighted by atomic mass is 16.4. The minimum absolute atomic E-state index is 0.0332. The summed E-state index contributed by atoms with van der Waals surface area (Å²) in [4.78, 5) is 48.3. The van der Waals surface area contributed by atoms with E-state index in [1.807, 2.05) is 31.2 Å².